The molecular weight excluding hydrogens is 298 g/mol. The van der Waals surface area contributed by atoms with Crippen LogP contribution in [0.3, 0.4) is 0 Å². The van der Waals surface area contributed by atoms with Gasteiger partial charge in [0.15, 0.2) is 0 Å². The molecule has 5 nitrogen and oxygen atoms in total. The van der Waals surface area contributed by atoms with E-state index in [9.17, 15) is 0 Å². The van der Waals surface area contributed by atoms with Crippen LogP contribution in [0.4, 0.5) is 5.69 Å². The lowest BCUT2D eigenvalue weighted by Crippen LogP contribution is -2.11. The number of anilines is 1. The van der Waals surface area contributed by atoms with E-state index in [1.165, 1.54) is 29.9 Å². The summed E-state index contributed by atoms with van der Waals surface area (Å²) < 4.78 is 4.16. The highest BCUT2D eigenvalue weighted by molar-refractivity contribution is 5.85. The van der Waals surface area contributed by atoms with Crippen LogP contribution in [0.2, 0.25) is 0 Å². The molecule has 0 radical (unpaired) electrons. The third-order valence-corrected chi connectivity index (χ3v) is 4.18. The lowest BCUT2D eigenvalue weighted by atomic mass is 10.2. The quantitative estimate of drug-likeness (QED) is 0.877. The van der Waals surface area contributed by atoms with E-state index < -0.39 is 0 Å². The Labute approximate surface area is 138 Å². The molecule has 0 saturated heterocycles. The highest BCUT2D eigenvalue weighted by Gasteiger charge is 2.27. The van der Waals surface area contributed by atoms with Crippen LogP contribution >= 0.6 is 12.4 Å². The molecule has 0 amide bonds. The maximum absolute atomic E-state index is 4.78. The van der Waals surface area contributed by atoms with Crippen LogP contribution in [0, 0.1) is 6.92 Å². The molecule has 0 bridgehead atoms. The second-order valence-corrected chi connectivity index (χ2v) is 6.19. The highest BCUT2D eigenvalue weighted by atomic mass is 35.5. The Morgan fingerprint density at radius 3 is 2.64 bits per heavy atom. The van der Waals surface area contributed by atoms with E-state index in [0.29, 0.717) is 12.0 Å². The fraction of sp³-hybridized carbons (Fsp3) is 0.625. The van der Waals surface area contributed by atoms with E-state index in [1.807, 2.05) is 10.9 Å². The van der Waals surface area contributed by atoms with Crippen molar-refractivity contribution in [2.75, 3.05) is 5.32 Å². The number of rotatable bonds is 6. The fourth-order valence-corrected chi connectivity index (χ4v) is 2.74. The first-order chi connectivity index (χ1) is 10.1. The van der Waals surface area contributed by atoms with Gasteiger partial charge in [-0.3, -0.25) is 9.36 Å². The number of halogens is 1. The third kappa shape index (κ3) is 3.29. The maximum Gasteiger partial charge on any atom is 0.0759 e. The monoisotopic (exact) mass is 323 g/mol. The predicted molar refractivity (Wildman–Crippen MR) is 91.8 cm³/mol. The Morgan fingerprint density at radius 1 is 1.36 bits per heavy atom. The van der Waals surface area contributed by atoms with Crippen LogP contribution in [0.5, 0.6) is 0 Å². The van der Waals surface area contributed by atoms with Crippen LogP contribution in [-0.4, -0.2) is 19.6 Å². The number of aromatic nitrogens is 4. The van der Waals surface area contributed by atoms with Gasteiger partial charge in [0, 0.05) is 18.5 Å². The molecule has 1 N–H and O–H groups in total. The molecule has 2 aromatic heterocycles. The molecular formula is C16H26ClN5. The summed E-state index contributed by atoms with van der Waals surface area (Å²) >= 11 is 0. The molecule has 2 heterocycles. The first kappa shape index (κ1) is 16.9. The molecule has 6 heteroatoms. The van der Waals surface area contributed by atoms with Crippen molar-refractivity contribution in [2.45, 2.75) is 65.6 Å². The summed E-state index contributed by atoms with van der Waals surface area (Å²) in [6.45, 7) is 10.3. The van der Waals surface area contributed by atoms with E-state index in [2.05, 4.69) is 48.9 Å². The van der Waals surface area contributed by atoms with Gasteiger partial charge in [0.2, 0.25) is 0 Å². The SMILES string of the molecule is CCn1ncc(NCc2cc(C3CC3)nn2C(C)C)c1C.Cl. The van der Waals surface area contributed by atoms with E-state index in [0.717, 1.165) is 18.8 Å². The zero-order valence-electron chi connectivity index (χ0n) is 13.8. The molecule has 0 unspecified atom stereocenters. The van der Waals surface area contributed by atoms with Gasteiger partial charge in [-0.05, 0) is 46.6 Å². The minimum Gasteiger partial charge on any atom is -0.377 e. The van der Waals surface area contributed by atoms with Crippen LogP contribution in [0.25, 0.3) is 0 Å². The van der Waals surface area contributed by atoms with Gasteiger partial charge in [-0.15, -0.1) is 12.4 Å². The Morgan fingerprint density at radius 2 is 2.09 bits per heavy atom. The normalized spacial score (nSPS) is 14.2. The second-order valence-electron chi connectivity index (χ2n) is 6.19. The lowest BCUT2D eigenvalue weighted by molar-refractivity contribution is 0.507. The van der Waals surface area contributed by atoms with E-state index in [4.69, 9.17) is 5.10 Å². The predicted octanol–water partition coefficient (Wildman–Crippen LogP) is 3.90. The van der Waals surface area contributed by atoms with E-state index in [1.54, 1.807) is 0 Å². The van der Waals surface area contributed by atoms with Crippen LogP contribution in [0.1, 0.15) is 62.7 Å². The van der Waals surface area contributed by atoms with E-state index >= 15 is 0 Å². The summed E-state index contributed by atoms with van der Waals surface area (Å²) in [5, 5.41) is 12.7. The zero-order chi connectivity index (χ0) is 15.0. The van der Waals surface area contributed by atoms with Crippen molar-refractivity contribution in [3.63, 3.8) is 0 Å². The van der Waals surface area contributed by atoms with Gasteiger partial charge in [0.05, 0.1) is 35.5 Å². The molecule has 0 aromatic carbocycles. The number of hydrogen-bond donors (Lipinski definition) is 1. The average molecular weight is 324 g/mol. The number of hydrogen-bond acceptors (Lipinski definition) is 3. The summed E-state index contributed by atoms with van der Waals surface area (Å²) in [5.41, 5.74) is 4.83. The van der Waals surface area contributed by atoms with E-state index in [-0.39, 0.29) is 12.4 Å². The summed E-state index contributed by atoms with van der Waals surface area (Å²) in [7, 11) is 0. The fourth-order valence-electron chi connectivity index (χ4n) is 2.74. The van der Waals surface area contributed by atoms with Crippen LogP contribution < -0.4 is 5.32 Å². The molecule has 0 aliphatic heterocycles. The number of nitrogens with zero attached hydrogens (tertiary/aromatic N) is 4. The van der Waals surface area contributed by atoms with Crippen molar-refractivity contribution in [1.29, 1.82) is 0 Å². The smallest absolute Gasteiger partial charge is 0.0759 e. The minimum atomic E-state index is 0. The number of nitrogens with one attached hydrogen (secondary N) is 1. The van der Waals surface area contributed by atoms with Crippen molar-refractivity contribution < 1.29 is 0 Å². The molecule has 3 rings (SSSR count). The summed E-state index contributed by atoms with van der Waals surface area (Å²) in [4.78, 5) is 0. The Balaban J connectivity index is 0.00000176. The molecule has 1 aliphatic carbocycles. The first-order valence-corrected chi connectivity index (χ1v) is 7.94. The molecule has 0 spiro atoms. The van der Waals surface area contributed by atoms with Gasteiger partial charge < -0.3 is 5.32 Å². The summed E-state index contributed by atoms with van der Waals surface area (Å²) in [6, 6.07) is 2.67. The summed E-state index contributed by atoms with van der Waals surface area (Å²) in [6.07, 6.45) is 4.51. The second kappa shape index (κ2) is 6.73. The van der Waals surface area contributed by atoms with Gasteiger partial charge in [-0.25, -0.2) is 0 Å². The number of aryl methyl sites for hydroxylation is 1. The molecule has 1 aliphatic rings. The highest BCUT2D eigenvalue weighted by Crippen LogP contribution is 2.39. The van der Waals surface area contributed by atoms with Gasteiger partial charge in [0.1, 0.15) is 0 Å². The van der Waals surface area contributed by atoms with Gasteiger partial charge in [-0.2, -0.15) is 10.2 Å². The van der Waals surface area contributed by atoms with Gasteiger partial charge in [0.25, 0.3) is 0 Å². The zero-order valence-corrected chi connectivity index (χ0v) is 14.7. The van der Waals surface area contributed by atoms with Crippen molar-refractivity contribution in [1.82, 2.24) is 19.6 Å². The topological polar surface area (TPSA) is 47.7 Å². The largest absolute Gasteiger partial charge is 0.377 e. The molecule has 1 fully saturated rings. The molecule has 1 saturated carbocycles. The van der Waals surface area contributed by atoms with Crippen LogP contribution in [0.15, 0.2) is 12.3 Å². The molecule has 0 atom stereocenters. The maximum atomic E-state index is 4.78. The van der Waals surface area contributed by atoms with Crippen LogP contribution in [-0.2, 0) is 13.1 Å². The minimum absolute atomic E-state index is 0. The van der Waals surface area contributed by atoms with Crippen molar-refractivity contribution in [3.05, 3.63) is 29.3 Å². The van der Waals surface area contributed by atoms with Crippen molar-refractivity contribution >= 4 is 18.1 Å². The molecule has 22 heavy (non-hydrogen) atoms. The third-order valence-electron chi connectivity index (χ3n) is 4.18. The van der Waals surface area contributed by atoms with Crippen molar-refractivity contribution in [2.24, 2.45) is 0 Å². The first-order valence-electron chi connectivity index (χ1n) is 7.94. The van der Waals surface area contributed by atoms with Crippen molar-refractivity contribution in [3.8, 4) is 0 Å². The molecule has 2 aromatic rings. The molecule has 122 valence electrons. The standard InChI is InChI=1S/C16H25N5.ClH/c1-5-20-12(4)16(10-18-20)17-9-14-8-15(13-6-7-13)19-21(14)11(2)3;/h8,10-11,13,17H,5-7,9H2,1-4H3;1H. The van der Waals surface area contributed by atoms with Gasteiger partial charge in [-0.1, -0.05) is 0 Å². The Hall–Kier alpha value is -1.49. The Kier molecular flexibility index (Phi) is 5.16. The Bertz CT molecular complexity index is 625. The summed E-state index contributed by atoms with van der Waals surface area (Å²) in [5.74, 6) is 0.702. The average Bonchev–Trinajstić information content (AvgIpc) is 3.12. The lowest BCUT2D eigenvalue weighted by Gasteiger charge is -2.12. The van der Waals surface area contributed by atoms with Gasteiger partial charge >= 0.3 is 0 Å².